The highest BCUT2D eigenvalue weighted by Crippen LogP contribution is 2.32. The summed E-state index contributed by atoms with van der Waals surface area (Å²) in [5, 5.41) is 16.6. The molecule has 1 aliphatic rings. The van der Waals surface area contributed by atoms with Gasteiger partial charge in [-0.3, -0.25) is 4.79 Å². The van der Waals surface area contributed by atoms with Gasteiger partial charge in [-0.1, -0.05) is 39.3 Å². The maximum Gasteiger partial charge on any atom is 0.325 e. The Hall–Kier alpha value is -1.73. The van der Waals surface area contributed by atoms with Crippen LogP contribution in [0.25, 0.3) is 0 Å². The van der Waals surface area contributed by atoms with Gasteiger partial charge in [0.2, 0.25) is 0 Å². The lowest BCUT2D eigenvalue weighted by Crippen LogP contribution is -2.34. The molecule has 128 valence electrons. The summed E-state index contributed by atoms with van der Waals surface area (Å²) in [5.41, 5.74) is 2.26. The molecule has 1 fully saturated rings. The van der Waals surface area contributed by atoms with Crippen LogP contribution in [0, 0.1) is 0 Å². The molecule has 0 saturated carbocycles. The third-order valence-corrected chi connectivity index (χ3v) is 5.22. The molecule has 0 atom stereocenters. The second kappa shape index (κ2) is 7.90. The van der Waals surface area contributed by atoms with E-state index >= 15 is 0 Å². The van der Waals surface area contributed by atoms with Crippen LogP contribution in [0.15, 0.2) is 34.9 Å². The van der Waals surface area contributed by atoms with E-state index in [4.69, 9.17) is 5.11 Å². The first-order valence-electron chi connectivity index (χ1n) is 8.19. The maximum atomic E-state index is 10.7. The topological polar surface area (TPSA) is 71.2 Å². The van der Waals surface area contributed by atoms with Crippen molar-refractivity contribution in [3.05, 3.63) is 46.2 Å². The van der Waals surface area contributed by atoms with Gasteiger partial charge in [-0.25, -0.2) is 4.68 Å². The summed E-state index contributed by atoms with van der Waals surface area (Å²) in [4.78, 5) is 13.1. The van der Waals surface area contributed by atoms with Crippen molar-refractivity contribution in [1.29, 1.82) is 0 Å². The van der Waals surface area contributed by atoms with Crippen LogP contribution < -0.4 is 0 Å². The van der Waals surface area contributed by atoms with Crippen molar-refractivity contribution < 1.29 is 9.90 Å². The number of nitrogens with zero attached hydrogens (tertiary/aromatic N) is 4. The standard InChI is InChI=1S/C17H21BrN4O2/c18-16-4-2-1-3-15(16)13-5-8-21(9-6-13)10-7-14-11-22(20-19-14)12-17(23)24/h1-4,11,13H,5-10,12H2,(H,23,24). The van der Waals surface area contributed by atoms with Crippen LogP contribution in [0.2, 0.25) is 0 Å². The number of carboxylic acids is 1. The van der Waals surface area contributed by atoms with Gasteiger partial charge in [0.25, 0.3) is 0 Å². The predicted octanol–water partition coefficient (Wildman–Crippen LogP) is 2.55. The van der Waals surface area contributed by atoms with E-state index in [9.17, 15) is 4.79 Å². The molecule has 0 aliphatic carbocycles. The molecule has 0 unspecified atom stereocenters. The van der Waals surface area contributed by atoms with Gasteiger partial charge < -0.3 is 10.0 Å². The molecule has 0 radical (unpaired) electrons. The number of piperidine rings is 1. The molecule has 0 spiro atoms. The predicted molar refractivity (Wildman–Crippen MR) is 93.9 cm³/mol. The summed E-state index contributed by atoms with van der Waals surface area (Å²) < 4.78 is 2.58. The zero-order valence-electron chi connectivity index (χ0n) is 13.4. The van der Waals surface area contributed by atoms with Crippen molar-refractivity contribution in [1.82, 2.24) is 19.9 Å². The highest BCUT2D eigenvalue weighted by molar-refractivity contribution is 9.10. The summed E-state index contributed by atoms with van der Waals surface area (Å²) >= 11 is 3.65. The largest absolute Gasteiger partial charge is 0.480 e. The van der Waals surface area contributed by atoms with Crippen LogP contribution in [0.4, 0.5) is 0 Å². The fraction of sp³-hybridized carbons (Fsp3) is 0.471. The van der Waals surface area contributed by atoms with Gasteiger partial charge >= 0.3 is 5.97 Å². The molecular weight excluding hydrogens is 372 g/mol. The molecule has 1 aromatic heterocycles. The van der Waals surface area contributed by atoms with E-state index in [2.05, 4.69) is 55.4 Å². The highest BCUT2D eigenvalue weighted by atomic mass is 79.9. The van der Waals surface area contributed by atoms with Crippen molar-refractivity contribution in [3.63, 3.8) is 0 Å². The van der Waals surface area contributed by atoms with E-state index in [0.717, 1.165) is 44.6 Å². The SMILES string of the molecule is O=C(O)Cn1cc(CCN2CCC(c3ccccc3Br)CC2)nn1. The molecular formula is C17H21BrN4O2. The second-order valence-corrected chi connectivity index (χ2v) is 7.04. The first-order chi connectivity index (χ1) is 11.6. The molecule has 3 rings (SSSR count). The molecule has 0 bridgehead atoms. The van der Waals surface area contributed by atoms with Crippen LogP contribution in [0.1, 0.15) is 30.0 Å². The van der Waals surface area contributed by atoms with E-state index in [1.54, 1.807) is 6.20 Å². The average Bonchev–Trinajstić information content (AvgIpc) is 3.01. The van der Waals surface area contributed by atoms with E-state index in [0.29, 0.717) is 5.92 Å². The number of rotatable bonds is 6. The van der Waals surface area contributed by atoms with E-state index in [-0.39, 0.29) is 6.54 Å². The van der Waals surface area contributed by atoms with Gasteiger partial charge in [0.15, 0.2) is 0 Å². The quantitative estimate of drug-likeness (QED) is 0.817. The lowest BCUT2D eigenvalue weighted by atomic mass is 9.89. The third-order valence-electron chi connectivity index (χ3n) is 4.50. The summed E-state index contributed by atoms with van der Waals surface area (Å²) in [6.45, 7) is 2.96. The maximum absolute atomic E-state index is 10.7. The summed E-state index contributed by atoms with van der Waals surface area (Å²) in [6, 6.07) is 8.49. The number of hydrogen-bond acceptors (Lipinski definition) is 4. The minimum atomic E-state index is -0.902. The molecule has 24 heavy (non-hydrogen) atoms. The molecule has 2 aromatic rings. The van der Waals surface area contributed by atoms with Crippen molar-refractivity contribution >= 4 is 21.9 Å². The Balaban J connectivity index is 1.46. The normalized spacial score (nSPS) is 16.4. The molecule has 6 nitrogen and oxygen atoms in total. The fourth-order valence-corrected chi connectivity index (χ4v) is 3.82. The molecule has 1 aromatic carbocycles. The van der Waals surface area contributed by atoms with Gasteiger partial charge in [-0.2, -0.15) is 0 Å². The molecule has 1 aliphatic heterocycles. The van der Waals surface area contributed by atoms with Crippen molar-refractivity contribution in [2.75, 3.05) is 19.6 Å². The Labute approximate surface area is 149 Å². The Morgan fingerprint density at radius 2 is 2.04 bits per heavy atom. The molecule has 1 N–H and O–H groups in total. The Morgan fingerprint density at radius 1 is 1.29 bits per heavy atom. The van der Waals surface area contributed by atoms with Crippen LogP contribution in [-0.2, 0) is 17.8 Å². The van der Waals surface area contributed by atoms with E-state index in [1.807, 2.05) is 0 Å². The molecule has 2 heterocycles. The lowest BCUT2D eigenvalue weighted by molar-refractivity contribution is -0.137. The number of aliphatic carboxylic acids is 1. The van der Waals surface area contributed by atoms with Crippen LogP contribution in [0.3, 0.4) is 0 Å². The Bertz CT molecular complexity index is 695. The van der Waals surface area contributed by atoms with Gasteiger partial charge in [0.05, 0.1) is 5.69 Å². The van der Waals surface area contributed by atoms with Gasteiger partial charge in [-0.05, 0) is 43.5 Å². The summed E-state index contributed by atoms with van der Waals surface area (Å²) in [6.07, 6.45) is 4.85. The molecule has 1 saturated heterocycles. The minimum absolute atomic E-state index is 0.135. The van der Waals surface area contributed by atoms with Gasteiger partial charge in [0, 0.05) is 23.6 Å². The van der Waals surface area contributed by atoms with E-state index in [1.165, 1.54) is 14.7 Å². The fourth-order valence-electron chi connectivity index (χ4n) is 3.22. The summed E-state index contributed by atoms with van der Waals surface area (Å²) in [7, 11) is 0. The number of halogens is 1. The summed E-state index contributed by atoms with van der Waals surface area (Å²) in [5.74, 6) is -0.283. The van der Waals surface area contributed by atoms with Gasteiger partial charge in [0.1, 0.15) is 6.54 Å². The molecule has 7 heteroatoms. The number of aromatic nitrogens is 3. The smallest absolute Gasteiger partial charge is 0.325 e. The third kappa shape index (κ3) is 4.42. The average molecular weight is 393 g/mol. The zero-order valence-corrected chi connectivity index (χ0v) is 15.0. The van der Waals surface area contributed by atoms with Crippen LogP contribution >= 0.6 is 15.9 Å². The van der Waals surface area contributed by atoms with E-state index < -0.39 is 5.97 Å². The first-order valence-corrected chi connectivity index (χ1v) is 8.98. The van der Waals surface area contributed by atoms with Crippen LogP contribution in [0.5, 0.6) is 0 Å². The number of carbonyl (C=O) groups is 1. The number of likely N-dealkylation sites (tertiary alicyclic amines) is 1. The van der Waals surface area contributed by atoms with Crippen molar-refractivity contribution in [2.45, 2.75) is 31.7 Å². The van der Waals surface area contributed by atoms with Crippen LogP contribution in [-0.4, -0.2) is 50.6 Å². The zero-order chi connectivity index (χ0) is 16.9. The lowest BCUT2D eigenvalue weighted by Gasteiger charge is -2.32. The van der Waals surface area contributed by atoms with Gasteiger partial charge in [-0.15, -0.1) is 5.10 Å². The monoisotopic (exact) mass is 392 g/mol. The molecule has 0 amide bonds. The minimum Gasteiger partial charge on any atom is -0.480 e. The van der Waals surface area contributed by atoms with Crippen molar-refractivity contribution in [2.24, 2.45) is 0 Å². The van der Waals surface area contributed by atoms with Crippen molar-refractivity contribution in [3.8, 4) is 0 Å². The first kappa shape index (κ1) is 17.1. The number of carboxylic acid groups (broad SMARTS) is 1. The number of benzene rings is 1. The highest BCUT2D eigenvalue weighted by Gasteiger charge is 2.21. The Kier molecular flexibility index (Phi) is 5.63. The second-order valence-electron chi connectivity index (χ2n) is 6.19. The number of hydrogen-bond donors (Lipinski definition) is 1. The Morgan fingerprint density at radius 3 is 2.75 bits per heavy atom.